The highest BCUT2D eigenvalue weighted by Gasteiger charge is 2.08. The van der Waals surface area contributed by atoms with Crippen molar-refractivity contribution >= 4 is 11.6 Å². The van der Waals surface area contributed by atoms with Gasteiger partial charge in [-0.15, -0.1) is 0 Å². The molecule has 1 heterocycles. The standard InChI is InChI=1S/C14H26N4O/c1-5-8-15-13-11(3)14(18-12(4)17-13)16-9-6-7-10(2)19/h10,19H,5-9H2,1-4H3,(H2,15,16,17,18). The molecule has 0 amide bonds. The zero-order valence-electron chi connectivity index (χ0n) is 12.5. The summed E-state index contributed by atoms with van der Waals surface area (Å²) in [5.74, 6) is 2.56. The molecule has 5 nitrogen and oxygen atoms in total. The Balaban J connectivity index is 2.63. The summed E-state index contributed by atoms with van der Waals surface area (Å²) in [5.41, 5.74) is 1.05. The fourth-order valence-electron chi connectivity index (χ4n) is 1.82. The van der Waals surface area contributed by atoms with Crippen LogP contribution in [0, 0.1) is 13.8 Å². The van der Waals surface area contributed by atoms with Crippen LogP contribution in [0.5, 0.6) is 0 Å². The first-order chi connectivity index (χ1) is 9.04. The molecule has 1 unspecified atom stereocenters. The van der Waals surface area contributed by atoms with E-state index in [9.17, 15) is 5.11 Å². The van der Waals surface area contributed by atoms with Crippen LogP contribution in [-0.4, -0.2) is 34.3 Å². The van der Waals surface area contributed by atoms with Crippen molar-refractivity contribution in [3.8, 4) is 0 Å². The molecule has 0 saturated heterocycles. The fourth-order valence-corrected chi connectivity index (χ4v) is 1.82. The van der Waals surface area contributed by atoms with Crippen molar-refractivity contribution in [2.24, 2.45) is 0 Å². The van der Waals surface area contributed by atoms with Crippen LogP contribution in [0.4, 0.5) is 11.6 Å². The summed E-state index contributed by atoms with van der Waals surface area (Å²) in [4.78, 5) is 8.86. The molecule has 1 aromatic rings. The summed E-state index contributed by atoms with van der Waals surface area (Å²) in [5, 5.41) is 15.9. The zero-order valence-corrected chi connectivity index (χ0v) is 12.5. The maximum atomic E-state index is 9.23. The molecule has 108 valence electrons. The maximum absolute atomic E-state index is 9.23. The number of aliphatic hydroxyl groups is 1. The van der Waals surface area contributed by atoms with Gasteiger partial charge in [0.15, 0.2) is 0 Å². The van der Waals surface area contributed by atoms with E-state index in [0.717, 1.165) is 55.4 Å². The summed E-state index contributed by atoms with van der Waals surface area (Å²) >= 11 is 0. The lowest BCUT2D eigenvalue weighted by Gasteiger charge is -2.14. The van der Waals surface area contributed by atoms with Crippen molar-refractivity contribution in [3.63, 3.8) is 0 Å². The van der Waals surface area contributed by atoms with Crippen molar-refractivity contribution in [2.45, 2.75) is 53.1 Å². The molecule has 1 aromatic heterocycles. The number of nitrogens with one attached hydrogen (secondary N) is 2. The van der Waals surface area contributed by atoms with Crippen molar-refractivity contribution in [2.75, 3.05) is 23.7 Å². The van der Waals surface area contributed by atoms with Crippen LogP contribution in [0.1, 0.15) is 44.5 Å². The third kappa shape index (κ3) is 5.42. The average molecular weight is 266 g/mol. The predicted octanol–water partition coefficient (Wildman–Crippen LogP) is 2.49. The molecule has 1 atom stereocenters. The molecule has 0 aliphatic rings. The fraction of sp³-hybridized carbons (Fsp3) is 0.714. The molecule has 0 spiro atoms. The van der Waals surface area contributed by atoms with E-state index in [0.29, 0.717) is 0 Å². The summed E-state index contributed by atoms with van der Waals surface area (Å²) in [6, 6.07) is 0. The van der Waals surface area contributed by atoms with E-state index >= 15 is 0 Å². The predicted molar refractivity (Wildman–Crippen MR) is 79.7 cm³/mol. The van der Waals surface area contributed by atoms with Gasteiger partial charge in [-0.2, -0.15) is 0 Å². The Labute approximate surface area is 115 Å². The lowest BCUT2D eigenvalue weighted by atomic mass is 10.2. The van der Waals surface area contributed by atoms with Gasteiger partial charge in [-0.25, -0.2) is 9.97 Å². The molecule has 3 N–H and O–H groups in total. The van der Waals surface area contributed by atoms with Crippen molar-refractivity contribution in [1.82, 2.24) is 9.97 Å². The van der Waals surface area contributed by atoms with Gasteiger partial charge in [0.05, 0.1) is 6.10 Å². The second kappa shape index (κ2) is 7.94. The van der Waals surface area contributed by atoms with Gasteiger partial charge in [0.25, 0.3) is 0 Å². The topological polar surface area (TPSA) is 70.1 Å². The average Bonchev–Trinajstić information content (AvgIpc) is 2.36. The Hall–Kier alpha value is -1.36. The van der Waals surface area contributed by atoms with Crippen LogP contribution < -0.4 is 10.6 Å². The van der Waals surface area contributed by atoms with Gasteiger partial charge < -0.3 is 15.7 Å². The molecular weight excluding hydrogens is 240 g/mol. The minimum atomic E-state index is -0.239. The summed E-state index contributed by atoms with van der Waals surface area (Å²) in [7, 11) is 0. The van der Waals surface area contributed by atoms with E-state index in [-0.39, 0.29) is 6.10 Å². The number of rotatable bonds is 8. The van der Waals surface area contributed by atoms with Gasteiger partial charge in [-0.3, -0.25) is 0 Å². The molecule has 1 rings (SSSR count). The lowest BCUT2D eigenvalue weighted by molar-refractivity contribution is 0.183. The quantitative estimate of drug-likeness (QED) is 0.631. The Morgan fingerprint density at radius 3 is 2.21 bits per heavy atom. The number of hydrogen-bond donors (Lipinski definition) is 3. The first-order valence-corrected chi connectivity index (χ1v) is 7.05. The molecule has 0 fully saturated rings. The van der Waals surface area contributed by atoms with Crippen LogP contribution in [0.15, 0.2) is 0 Å². The van der Waals surface area contributed by atoms with E-state index in [4.69, 9.17) is 0 Å². The number of aliphatic hydroxyl groups excluding tert-OH is 1. The number of aryl methyl sites for hydroxylation is 1. The second-order valence-electron chi connectivity index (χ2n) is 4.94. The number of anilines is 2. The minimum Gasteiger partial charge on any atom is -0.393 e. The zero-order chi connectivity index (χ0) is 14.3. The van der Waals surface area contributed by atoms with E-state index < -0.39 is 0 Å². The lowest BCUT2D eigenvalue weighted by Crippen LogP contribution is -2.12. The van der Waals surface area contributed by atoms with Crippen LogP contribution in [0.25, 0.3) is 0 Å². The van der Waals surface area contributed by atoms with Crippen molar-refractivity contribution < 1.29 is 5.11 Å². The Kier molecular flexibility index (Phi) is 6.56. The first-order valence-electron chi connectivity index (χ1n) is 7.05. The second-order valence-corrected chi connectivity index (χ2v) is 4.94. The summed E-state index contributed by atoms with van der Waals surface area (Å²) in [6.07, 6.45) is 2.56. The molecule has 0 radical (unpaired) electrons. The summed E-state index contributed by atoms with van der Waals surface area (Å²) in [6.45, 7) is 9.60. The molecule has 0 aliphatic heterocycles. The van der Waals surface area contributed by atoms with Crippen LogP contribution in [-0.2, 0) is 0 Å². The molecular formula is C14H26N4O. The highest BCUT2D eigenvalue weighted by Crippen LogP contribution is 2.19. The van der Waals surface area contributed by atoms with E-state index in [1.807, 2.05) is 20.8 Å². The molecule has 19 heavy (non-hydrogen) atoms. The largest absolute Gasteiger partial charge is 0.393 e. The van der Waals surface area contributed by atoms with E-state index in [1.54, 1.807) is 0 Å². The highest BCUT2D eigenvalue weighted by molar-refractivity contribution is 5.57. The van der Waals surface area contributed by atoms with Crippen LogP contribution in [0.3, 0.4) is 0 Å². The Morgan fingerprint density at radius 1 is 1.11 bits per heavy atom. The monoisotopic (exact) mass is 266 g/mol. The molecule has 0 aliphatic carbocycles. The molecule has 0 saturated carbocycles. The first kappa shape index (κ1) is 15.7. The van der Waals surface area contributed by atoms with Crippen LogP contribution >= 0.6 is 0 Å². The smallest absolute Gasteiger partial charge is 0.134 e. The molecule has 0 aromatic carbocycles. The third-order valence-corrected chi connectivity index (χ3v) is 2.89. The van der Waals surface area contributed by atoms with Crippen LogP contribution in [0.2, 0.25) is 0 Å². The number of aromatic nitrogens is 2. The molecule has 0 bridgehead atoms. The molecule has 5 heteroatoms. The minimum absolute atomic E-state index is 0.239. The van der Waals surface area contributed by atoms with E-state index in [1.165, 1.54) is 0 Å². The number of nitrogens with zero attached hydrogens (tertiary/aromatic N) is 2. The van der Waals surface area contributed by atoms with Gasteiger partial charge in [0.2, 0.25) is 0 Å². The Bertz CT molecular complexity index is 393. The van der Waals surface area contributed by atoms with E-state index in [2.05, 4.69) is 27.5 Å². The SMILES string of the molecule is CCCNc1nc(C)nc(NCCCC(C)O)c1C. The van der Waals surface area contributed by atoms with Gasteiger partial charge in [0, 0.05) is 18.7 Å². The van der Waals surface area contributed by atoms with Gasteiger partial charge in [-0.05, 0) is 40.0 Å². The maximum Gasteiger partial charge on any atom is 0.134 e. The number of hydrogen-bond acceptors (Lipinski definition) is 5. The normalized spacial score (nSPS) is 12.3. The van der Waals surface area contributed by atoms with Gasteiger partial charge >= 0.3 is 0 Å². The summed E-state index contributed by atoms with van der Waals surface area (Å²) < 4.78 is 0. The third-order valence-electron chi connectivity index (χ3n) is 2.89. The highest BCUT2D eigenvalue weighted by atomic mass is 16.3. The Morgan fingerprint density at radius 2 is 1.68 bits per heavy atom. The van der Waals surface area contributed by atoms with Gasteiger partial charge in [-0.1, -0.05) is 6.92 Å². The van der Waals surface area contributed by atoms with Gasteiger partial charge in [0.1, 0.15) is 17.5 Å². The van der Waals surface area contributed by atoms with Crippen molar-refractivity contribution in [3.05, 3.63) is 11.4 Å². The van der Waals surface area contributed by atoms with Crippen molar-refractivity contribution in [1.29, 1.82) is 0 Å².